The second-order valence-corrected chi connectivity index (χ2v) is 5.48. The second kappa shape index (κ2) is 3.49. The molecule has 0 spiro atoms. The van der Waals surface area contributed by atoms with Gasteiger partial charge in [0.1, 0.15) is 0 Å². The standard InChI is InChI=1S/C12H22O2/c1-11(7-3-2-4-8-11)12(14,9-13)10-5-6-10/h10,13-14H,2-9H2,1H3. The van der Waals surface area contributed by atoms with Crippen molar-refractivity contribution in [1.82, 2.24) is 0 Å². The average Bonchev–Trinajstić information content (AvgIpc) is 3.01. The molecule has 2 saturated carbocycles. The monoisotopic (exact) mass is 198 g/mol. The summed E-state index contributed by atoms with van der Waals surface area (Å²) in [6.45, 7) is 2.12. The second-order valence-electron chi connectivity index (χ2n) is 5.48. The van der Waals surface area contributed by atoms with E-state index in [2.05, 4.69) is 6.92 Å². The summed E-state index contributed by atoms with van der Waals surface area (Å²) in [5.41, 5.74) is -0.811. The van der Waals surface area contributed by atoms with E-state index in [0.29, 0.717) is 5.92 Å². The van der Waals surface area contributed by atoms with Gasteiger partial charge < -0.3 is 10.2 Å². The van der Waals surface area contributed by atoms with Crippen LogP contribution in [0.15, 0.2) is 0 Å². The van der Waals surface area contributed by atoms with Crippen LogP contribution in [0, 0.1) is 11.3 Å². The van der Waals surface area contributed by atoms with Crippen LogP contribution in [0.3, 0.4) is 0 Å². The van der Waals surface area contributed by atoms with Gasteiger partial charge in [0.2, 0.25) is 0 Å². The third-order valence-corrected chi connectivity index (χ3v) is 4.50. The summed E-state index contributed by atoms with van der Waals surface area (Å²) < 4.78 is 0. The fourth-order valence-electron chi connectivity index (χ4n) is 3.14. The maximum Gasteiger partial charge on any atom is 0.0958 e. The molecule has 0 aromatic rings. The van der Waals surface area contributed by atoms with E-state index in [4.69, 9.17) is 0 Å². The van der Waals surface area contributed by atoms with Crippen LogP contribution in [0.4, 0.5) is 0 Å². The number of rotatable bonds is 3. The zero-order chi connectivity index (χ0) is 10.2. The van der Waals surface area contributed by atoms with Gasteiger partial charge in [-0.3, -0.25) is 0 Å². The largest absolute Gasteiger partial charge is 0.393 e. The van der Waals surface area contributed by atoms with Crippen molar-refractivity contribution in [2.45, 2.75) is 57.5 Å². The van der Waals surface area contributed by atoms with E-state index in [9.17, 15) is 10.2 Å². The first-order valence-corrected chi connectivity index (χ1v) is 5.96. The Kier molecular flexibility index (Phi) is 2.61. The topological polar surface area (TPSA) is 40.5 Å². The van der Waals surface area contributed by atoms with E-state index in [1.165, 1.54) is 19.3 Å². The molecule has 0 aromatic heterocycles. The highest BCUT2D eigenvalue weighted by Crippen LogP contribution is 2.54. The molecule has 0 bridgehead atoms. The Labute approximate surface area is 86.3 Å². The highest BCUT2D eigenvalue weighted by molar-refractivity contribution is 5.05. The van der Waals surface area contributed by atoms with Crippen molar-refractivity contribution < 1.29 is 10.2 Å². The molecule has 2 aliphatic carbocycles. The first-order valence-electron chi connectivity index (χ1n) is 5.96. The molecular weight excluding hydrogens is 176 g/mol. The Morgan fingerprint density at radius 3 is 2.21 bits per heavy atom. The summed E-state index contributed by atoms with van der Waals surface area (Å²) in [5, 5.41) is 20.1. The minimum absolute atomic E-state index is 0.0266. The molecular formula is C12H22O2. The van der Waals surface area contributed by atoms with Crippen LogP contribution in [0.1, 0.15) is 51.9 Å². The summed E-state index contributed by atoms with van der Waals surface area (Å²) in [7, 11) is 0. The summed E-state index contributed by atoms with van der Waals surface area (Å²) in [5.74, 6) is 0.371. The van der Waals surface area contributed by atoms with Gasteiger partial charge in [-0.1, -0.05) is 26.2 Å². The lowest BCUT2D eigenvalue weighted by Crippen LogP contribution is -2.52. The van der Waals surface area contributed by atoms with E-state index in [1.54, 1.807) is 0 Å². The van der Waals surface area contributed by atoms with Crippen molar-refractivity contribution in [2.75, 3.05) is 6.61 Å². The van der Waals surface area contributed by atoms with Crippen LogP contribution in [-0.2, 0) is 0 Å². The Morgan fingerprint density at radius 2 is 1.79 bits per heavy atom. The molecule has 0 heterocycles. The summed E-state index contributed by atoms with van der Waals surface area (Å²) >= 11 is 0. The Morgan fingerprint density at radius 1 is 1.21 bits per heavy atom. The third kappa shape index (κ3) is 1.49. The zero-order valence-electron chi connectivity index (χ0n) is 9.13. The Bertz CT molecular complexity index is 204. The van der Waals surface area contributed by atoms with Crippen LogP contribution in [-0.4, -0.2) is 22.4 Å². The lowest BCUT2D eigenvalue weighted by Gasteiger charge is -2.47. The van der Waals surface area contributed by atoms with Crippen molar-refractivity contribution in [3.8, 4) is 0 Å². The van der Waals surface area contributed by atoms with Crippen LogP contribution >= 0.6 is 0 Å². The molecule has 1 atom stereocenters. The lowest BCUT2D eigenvalue weighted by atomic mass is 9.63. The summed E-state index contributed by atoms with van der Waals surface area (Å²) in [6.07, 6.45) is 8.10. The third-order valence-electron chi connectivity index (χ3n) is 4.50. The van der Waals surface area contributed by atoms with Gasteiger partial charge in [-0.15, -0.1) is 0 Å². The molecule has 0 aromatic carbocycles. The maximum atomic E-state index is 10.6. The first kappa shape index (κ1) is 10.4. The van der Waals surface area contributed by atoms with E-state index < -0.39 is 5.60 Å². The first-order chi connectivity index (χ1) is 6.62. The Balaban J connectivity index is 2.15. The van der Waals surface area contributed by atoms with Gasteiger partial charge in [0, 0.05) is 0 Å². The minimum Gasteiger partial charge on any atom is -0.393 e. The molecule has 82 valence electrons. The summed E-state index contributed by atoms with van der Waals surface area (Å²) in [6, 6.07) is 0. The van der Waals surface area contributed by atoms with E-state index in [-0.39, 0.29) is 12.0 Å². The summed E-state index contributed by atoms with van der Waals surface area (Å²) in [4.78, 5) is 0. The number of aliphatic hydroxyl groups excluding tert-OH is 1. The molecule has 2 N–H and O–H groups in total. The van der Waals surface area contributed by atoms with Crippen LogP contribution in [0.25, 0.3) is 0 Å². The highest BCUT2D eigenvalue weighted by atomic mass is 16.3. The van der Waals surface area contributed by atoms with E-state index in [1.807, 2.05) is 0 Å². The van der Waals surface area contributed by atoms with Gasteiger partial charge in [0.05, 0.1) is 12.2 Å². The van der Waals surface area contributed by atoms with Gasteiger partial charge in [0.15, 0.2) is 0 Å². The van der Waals surface area contributed by atoms with Crippen molar-refractivity contribution in [3.63, 3.8) is 0 Å². The van der Waals surface area contributed by atoms with Gasteiger partial charge in [0.25, 0.3) is 0 Å². The number of hydrogen-bond donors (Lipinski definition) is 2. The predicted octanol–water partition coefficient (Wildman–Crippen LogP) is 2.09. The molecule has 1 unspecified atom stereocenters. The van der Waals surface area contributed by atoms with Crippen molar-refractivity contribution in [3.05, 3.63) is 0 Å². The van der Waals surface area contributed by atoms with Crippen LogP contribution in [0.2, 0.25) is 0 Å². The molecule has 2 aliphatic rings. The fraction of sp³-hybridized carbons (Fsp3) is 1.00. The van der Waals surface area contributed by atoms with E-state index >= 15 is 0 Å². The molecule has 0 radical (unpaired) electrons. The fourth-order valence-corrected chi connectivity index (χ4v) is 3.14. The van der Waals surface area contributed by atoms with E-state index in [0.717, 1.165) is 25.7 Å². The molecule has 14 heavy (non-hydrogen) atoms. The molecule has 2 nitrogen and oxygen atoms in total. The van der Waals surface area contributed by atoms with Gasteiger partial charge >= 0.3 is 0 Å². The van der Waals surface area contributed by atoms with Crippen molar-refractivity contribution in [1.29, 1.82) is 0 Å². The molecule has 0 amide bonds. The molecule has 2 heteroatoms. The quantitative estimate of drug-likeness (QED) is 0.729. The molecule has 0 saturated heterocycles. The zero-order valence-corrected chi connectivity index (χ0v) is 9.13. The van der Waals surface area contributed by atoms with Crippen molar-refractivity contribution in [2.24, 2.45) is 11.3 Å². The molecule has 2 fully saturated rings. The number of aliphatic hydroxyl groups is 2. The molecule has 0 aliphatic heterocycles. The van der Waals surface area contributed by atoms with Crippen molar-refractivity contribution >= 4 is 0 Å². The smallest absolute Gasteiger partial charge is 0.0958 e. The molecule has 2 rings (SSSR count). The van der Waals surface area contributed by atoms with Gasteiger partial charge in [-0.05, 0) is 37.0 Å². The number of hydrogen-bond acceptors (Lipinski definition) is 2. The average molecular weight is 198 g/mol. The van der Waals surface area contributed by atoms with Gasteiger partial charge in [-0.25, -0.2) is 0 Å². The Hall–Kier alpha value is -0.0800. The minimum atomic E-state index is -0.784. The van der Waals surface area contributed by atoms with Crippen LogP contribution in [0.5, 0.6) is 0 Å². The highest BCUT2D eigenvalue weighted by Gasteiger charge is 2.55. The lowest BCUT2D eigenvalue weighted by molar-refractivity contribution is -0.139. The predicted molar refractivity (Wildman–Crippen MR) is 56.0 cm³/mol. The SMILES string of the molecule is CC1(C(O)(CO)C2CC2)CCCCC1. The van der Waals surface area contributed by atoms with Crippen LogP contribution < -0.4 is 0 Å². The normalized spacial score (nSPS) is 31.1. The maximum absolute atomic E-state index is 10.6. The van der Waals surface area contributed by atoms with Gasteiger partial charge in [-0.2, -0.15) is 0 Å².